The minimum absolute atomic E-state index is 0.131. The van der Waals surface area contributed by atoms with Crippen LogP contribution in [-0.4, -0.2) is 62.0 Å². The average molecular weight is 545 g/mol. The topological polar surface area (TPSA) is 135 Å². The quantitative estimate of drug-likeness (QED) is 0.411. The van der Waals surface area contributed by atoms with E-state index in [2.05, 4.69) is 21.3 Å². The van der Waals surface area contributed by atoms with Gasteiger partial charge in [-0.25, -0.2) is 0 Å². The number of benzene rings is 2. The number of amides is 4. The zero-order valence-corrected chi connectivity index (χ0v) is 22.2. The third kappa shape index (κ3) is 8.65. The van der Waals surface area contributed by atoms with Crippen LogP contribution in [0, 0.1) is 5.92 Å². The first-order chi connectivity index (χ1) is 18.2. The van der Waals surface area contributed by atoms with E-state index in [1.54, 1.807) is 48.5 Å². The van der Waals surface area contributed by atoms with Crippen LogP contribution in [0.25, 0.3) is 0 Å². The van der Waals surface area contributed by atoms with Crippen LogP contribution in [-0.2, 0) is 14.4 Å². The fraction of sp³-hybridized carbons (Fsp3) is 0.407. The van der Waals surface area contributed by atoms with Gasteiger partial charge in [-0.2, -0.15) is 0 Å². The summed E-state index contributed by atoms with van der Waals surface area (Å²) in [5.41, 5.74) is 0.232. The van der Waals surface area contributed by atoms with Gasteiger partial charge < -0.3 is 30.7 Å². The summed E-state index contributed by atoms with van der Waals surface area (Å²) < 4.78 is 11.4. The van der Waals surface area contributed by atoms with Crippen LogP contribution in [0.5, 0.6) is 11.5 Å². The molecule has 0 radical (unpaired) electrons. The highest BCUT2D eigenvalue weighted by Crippen LogP contribution is 2.19. The van der Waals surface area contributed by atoms with E-state index in [9.17, 15) is 19.2 Å². The number of ether oxygens (including phenoxy) is 2. The highest BCUT2D eigenvalue weighted by Gasteiger charge is 2.29. The SMILES string of the molecule is CC(C)[C@H]1NC(=O)C[C@@H](C(=O)NCCOc2ccc(Cl)cc2)NC(=O)c2ccccc2OCCCNC1=O. The van der Waals surface area contributed by atoms with E-state index in [1.165, 1.54) is 0 Å². The summed E-state index contributed by atoms with van der Waals surface area (Å²) in [7, 11) is 0. The summed E-state index contributed by atoms with van der Waals surface area (Å²) >= 11 is 5.87. The Bertz CT molecular complexity index is 1120. The molecule has 2 aromatic rings. The smallest absolute Gasteiger partial charge is 0.255 e. The molecule has 0 aliphatic carbocycles. The van der Waals surface area contributed by atoms with Crippen molar-refractivity contribution < 1.29 is 28.7 Å². The molecule has 204 valence electrons. The van der Waals surface area contributed by atoms with Gasteiger partial charge in [0.05, 0.1) is 25.1 Å². The fourth-order valence-corrected chi connectivity index (χ4v) is 3.88. The first kappa shape index (κ1) is 28.8. The minimum Gasteiger partial charge on any atom is -0.493 e. The van der Waals surface area contributed by atoms with Gasteiger partial charge in [0.25, 0.3) is 5.91 Å². The molecular formula is C27H33ClN4O6. The lowest BCUT2D eigenvalue weighted by molar-refractivity contribution is -0.131. The molecule has 1 aliphatic rings. The minimum atomic E-state index is -1.20. The maximum absolute atomic E-state index is 13.1. The number of carbonyl (C=O) groups is 4. The molecule has 1 heterocycles. The molecule has 3 rings (SSSR count). The lowest BCUT2D eigenvalue weighted by Gasteiger charge is -2.23. The van der Waals surface area contributed by atoms with Crippen molar-refractivity contribution in [1.29, 1.82) is 0 Å². The second-order valence-corrected chi connectivity index (χ2v) is 9.54. The number of rotatable bonds is 6. The van der Waals surface area contributed by atoms with Gasteiger partial charge in [-0.3, -0.25) is 19.2 Å². The van der Waals surface area contributed by atoms with Crippen molar-refractivity contribution in [2.75, 3.05) is 26.3 Å². The van der Waals surface area contributed by atoms with E-state index < -0.39 is 29.8 Å². The molecule has 10 nitrogen and oxygen atoms in total. The summed E-state index contributed by atoms with van der Waals surface area (Å²) in [4.78, 5) is 51.8. The van der Waals surface area contributed by atoms with Crippen LogP contribution in [0.15, 0.2) is 48.5 Å². The number of carbonyl (C=O) groups excluding carboxylic acids is 4. The van der Waals surface area contributed by atoms with E-state index >= 15 is 0 Å². The van der Waals surface area contributed by atoms with Gasteiger partial charge >= 0.3 is 0 Å². The lowest BCUT2D eigenvalue weighted by atomic mass is 10.0. The van der Waals surface area contributed by atoms with Crippen molar-refractivity contribution in [1.82, 2.24) is 21.3 Å². The monoisotopic (exact) mass is 544 g/mol. The van der Waals surface area contributed by atoms with Crippen LogP contribution in [0.1, 0.15) is 37.0 Å². The largest absolute Gasteiger partial charge is 0.493 e. The second kappa shape index (κ2) is 14.2. The molecule has 1 aliphatic heterocycles. The van der Waals surface area contributed by atoms with E-state index in [0.29, 0.717) is 29.5 Å². The summed E-state index contributed by atoms with van der Waals surface area (Å²) in [6.07, 6.45) is 0.138. The van der Waals surface area contributed by atoms with Gasteiger partial charge in [0.2, 0.25) is 17.7 Å². The molecule has 0 aromatic heterocycles. The molecule has 0 fully saturated rings. The number of hydrogen-bond acceptors (Lipinski definition) is 6. The second-order valence-electron chi connectivity index (χ2n) is 9.10. The van der Waals surface area contributed by atoms with Gasteiger partial charge in [0.15, 0.2) is 0 Å². The Hall–Kier alpha value is -3.79. The number of hydrogen-bond donors (Lipinski definition) is 4. The Morgan fingerprint density at radius 2 is 1.84 bits per heavy atom. The first-order valence-electron chi connectivity index (χ1n) is 12.5. The Labute approximate surface area is 226 Å². The predicted octanol–water partition coefficient (Wildman–Crippen LogP) is 2.06. The number of para-hydroxylation sites is 1. The van der Waals surface area contributed by atoms with Crippen LogP contribution in [0.4, 0.5) is 0 Å². The first-order valence-corrected chi connectivity index (χ1v) is 12.9. The van der Waals surface area contributed by atoms with Gasteiger partial charge in [-0.1, -0.05) is 37.6 Å². The molecule has 0 saturated carbocycles. The van der Waals surface area contributed by atoms with Crippen molar-refractivity contribution in [3.63, 3.8) is 0 Å². The Balaban J connectivity index is 1.73. The van der Waals surface area contributed by atoms with Gasteiger partial charge in [0, 0.05) is 11.6 Å². The highest BCUT2D eigenvalue weighted by atomic mass is 35.5. The van der Waals surface area contributed by atoms with Crippen molar-refractivity contribution in [3.05, 3.63) is 59.1 Å². The van der Waals surface area contributed by atoms with Crippen LogP contribution in [0.3, 0.4) is 0 Å². The van der Waals surface area contributed by atoms with Crippen molar-refractivity contribution in [3.8, 4) is 11.5 Å². The van der Waals surface area contributed by atoms with Gasteiger partial charge in [-0.15, -0.1) is 0 Å². The molecule has 0 unspecified atom stereocenters. The fourth-order valence-electron chi connectivity index (χ4n) is 3.75. The van der Waals surface area contributed by atoms with E-state index in [1.807, 2.05) is 13.8 Å². The number of nitrogens with one attached hydrogen (secondary N) is 4. The maximum Gasteiger partial charge on any atom is 0.255 e. The van der Waals surface area contributed by atoms with Crippen LogP contribution < -0.4 is 30.7 Å². The summed E-state index contributed by atoms with van der Waals surface area (Å²) in [5.74, 6) is -1.27. The Morgan fingerprint density at radius 1 is 1.11 bits per heavy atom. The molecular weight excluding hydrogens is 512 g/mol. The summed E-state index contributed by atoms with van der Waals surface area (Å²) in [6, 6.07) is 11.4. The Kier molecular flexibility index (Phi) is 10.8. The van der Waals surface area contributed by atoms with E-state index in [-0.39, 0.29) is 43.6 Å². The third-order valence-corrected chi connectivity index (χ3v) is 6.02. The van der Waals surface area contributed by atoms with Crippen LogP contribution in [0.2, 0.25) is 5.02 Å². The van der Waals surface area contributed by atoms with Crippen molar-refractivity contribution in [2.45, 2.75) is 38.8 Å². The zero-order chi connectivity index (χ0) is 27.5. The molecule has 11 heteroatoms. The third-order valence-electron chi connectivity index (χ3n) is 5.77. The standard InChI is InChI=1S/C27H33ClN4O6/c1-17(2)24-27(36)29-12-5-14-38-22-7-4-3-6-20(22)25(34)31-21(16-23(33)32-24)26(35)30-13-15-37-19-10-8-18(28)9-11-19/h3-4,6-11,17,21,24H,5,12-16H2,1-2H3,(H,29,36)(H,30,35)(H,31,34)(H,32,33)/t21-,24+/m0/s1. The van der Waals surface area contributed by atoms with E-state index in [4.69, 9.17) is 21.1 Å². The summed E-state index contributed by atoms with van der Waals surface area (Å²) in [5, 5.41) is 11.4. The molecule has 38 heavy (non-hydrogen) atoms. The summed E-state index contributed by atoms with van der Waals surface area (Å²) in [6.45, 7) is 4.52. The van der Waals surface area contributed by atoms with Crippen molar-refractivity contribution in [2.24, 2.45) is 5.92 Å². The zero-order valence-electron chi connectivity index (χ0n) is 21.4. The molecule has 4 amide bonds. The predicted molar refractivity (Wildman–Crippen MR) is 142 cm³/mol. The molecule has 2 aromatic carbocycles. The molecule has 0 spiro atoms. The Morgan fingerprint density at radius 3 is 2.58 bits per heavy atom. The number of fused-ring (bicyclic) bond motifs is 1. The van der Waals surface area contributed by atoms with Gasteiger partial charge in [-0.05, 0) is 48.7 Å². The molecule has 2 atom stereocenters. The molecule has 0 saturated heterocycles. The van der Waals surface area contributed by atoms with Crippen molar-refractivity contribution >= 4 is 35.2 Å². The average Bonchev–Trinajstić information content (AvgIpc) is 2.89. The molecule has 4 N–H and O–H groups in total. The van der Waals surface area contributed by atoms with E-state index in [0.717, 1.165) is 0 Å². The highest BCUT2D eigenvalue weighted by molar-refractivity contribution is 6.30. The normalized spacial score (nSPS) is 19.0. The maximum atomic E-state index is 13.1. The number of halogens is 1. The van der Waals surface area contributed by atoms with Gasteiger partial charge in [0.1, 0.15) is 30.2 Å². The lowest BCUT2D eigenvalue weighted by Crippen LogP contribution is -2.53. The molecule has 0 bridgehead atoms. The van der Waals surface area contributed by atoms with Crippen LogP contribution >= 0.6 is 11.6 Å².